The highest BCUT2D eigenvalue weighted by Crippen LogP contribution is 2.22. The summed E-state index contributed by atoms with van der Waals surface area (Å²) in [6.07, 6.45) is 2.82. The van der Waals surface area contributed by atoms with Crippen LogP contribution in [-0.2, 0) is 10.0 Å². The van der Waals surface area contributed by atoms with Crippen LogP contribution in [-0.4, -0.2) is 44.1 Å². The predicted molar refractivity (Wildman–Crippen MR) is 76.2 cm³/mol. The molecule has 0 saturated heterocycles. The first-order valence-corrected chi connectivity index (χ1v) is 7.97. The summed E-state index contributed by atoms with van der Waals surface area (Å²) in [4.78, 5) is 0.267. The number of aliphatic hydroxyl groups excluding tert-OH is 1. The Morgan fingerprint density at radius 1 is 1.30 bits per heavy atom. The van der Waals surface area contributed by atoms with Crippen LogP contribution in [0.5, 0.6) is 5.75 Å². The van der Waals surface area contributed by atoms with Crippen LogP contribution in [0.25, 0.3) is 0 Å². The van der Waals surface area contributed by atoms with E-state index in [0.29, 0.717) is 18.8 Å². The number of sulfonamides is 1. The second kappa shape index (κ2) is 6.39. The van der Waals surface area contributed by atoms with Crippen LogP contribution in [0.3, 0.4) is 0 Å². The molecule has 1 aliphatic heterocycles. The third-order valence-electron chi connectivity index (χ3n) is 3.12. The van der Waals surface area contributed by atoms with E-state index in [0.717, 1.165) is 12.0 Å². The molecule has 2 rings (SSSR count). The number of nitrogens with zero attached hydrogens (tertiary/aromatic N) is 1. The van der Waals surface area contributed by atoms with Crippen molar-refractivity contribution in [3.63, 3.8) is 0 Å². The highest BCUT2D eigenvalue weighted by molar-refractivity contribution is 7.89. The van der Waals surface area contributed by atoms with E-state index >= 15 is 0 Å². The molecule has 0 radical (unpaired) electrons. The number of aliphatic hydroxyl groups is 1. The van der Waals surface area contributed by atoms with E-state index in [9.17, 15) is 8.42 Å². The lowest BCUT2D eigenvalue weighted by atomic mass is 10.2. The first-order valence-electron chi connectivity index (χ1n) is 6.53. The minimum Gasteiger partial charge on any atom is -0.491 e. The van der Waals surface area contributed by atoms with Crippen LogP contribution >= 0.6 is 0 Å². The Balaban J connectivity index is 2.15. The van der Waals surface area contributed by atoms with Gasteiger partial charge in [-0.1, -0.05) is 11.6 Å². The highest BCUT2D eigenvalue weighted by atomic mass is 32.2. The van der Waals surface area contributed by atoms with Crippen molar-refractivity contribution in [3.8, 4) is 5.75 Å². The van der Waals surface area contributed by atoms with Crippen LogP contribution in [0.15, 0.2) is 40.8 Å². The molecule has 20 heavy (non-hydrogen) atoms. The average molecular weight is 297 g/mol. The third-order valence-corrected chi connectivity index (χ3v) is 4.98. The molecule has 0 aromatic heterocycles. The lowest BCUT2D eigenvalue weighted by molar-refractivity contribution is 0.201. The van der Waals surface area contributed by atoms with Crippen LogP contribution in [0.4, 0.5) is 0 Å². The fraction of sp³-hybridized carbons (Fsp3) is 0.429. The fourth-order valence-electron chi connectivity index (χ4n) is 2.10. The number of hydrogen-bond acceptors (Lipinski definition) is 4. The zero-order valence-corrected chi connectivity index (χ0v) is 12.3. The van der Waals surface area contributed by atoms with Crippen LogP contribution < -0.4 is 4.74 Å². The van der Waals surface area contributed by atoms with Crippen molar-refractivity contribution in [2.45, 2.75) is 18.2 Å². The molecule has 6 heteroatoms. The summed E-state index contributed by atoms with van der Waals surface area (Å²) in [5.41, 5.74) is 1.07. The van der Waals surface area contributed by atoms with Crippen molar-refractivity contribution in [1.82, 2.24) is 4.31 Å². The van der Waals surface area contributed by atoms with Gasteiger partial charge in [0.15, 0.2) is 0 Å². The van der Waals surface area contributed by atoms with Gasteiger partial charge >= 0.3 is 0 Å². The summed E-state index contributed by atoms with van der Waals surface area (Å²) < 4.78 is 31.7. The zero-order chi connectivity index (χ0) is 14.6. The molecule has 0 bridgehead atoms. The maximum Gasteiger partial charge on any atom is 0.243 e. The molecule has 110 valence electrons. The molecule has 0 spiro atoms. The Kier molecular flexibility index (Phi) is 4.80. The Morgan fingerprint density at radius 2 is 2.00 bits per heavy atom. The van der Waals surface area contributed by atoms with Gasteiger partial charge in [0.05, 0.1) is 11.5 Å². The van der Waals surface area contributed by atoms with Gasteiger partial charge in [-0.2, -0.15) is 4.31 Å². The first-order chi connectivity index (χ1) is 9.54. The molecule has 1 aromatic carbocycles. The minimum atomic E-state index is -3.44. The maximum atomic E-state index is 12.5. The summed E-state index contributed by atoms with van der Waals surface area (Å²) >= 11 is 0. The molecule has 1 aliphatic rings. The van der Waals surface area contributed by atoms with Gasteiger partial charge in [-0.25, -0.2) is 8.42 Å². The summed E-state index contributed by atoms with van der Waals surface area (Å²) in [6, 6.07) is 6.29. The van der Waals surface area contributed by atoms with E-state index < -0.39 is 10.0 Å². The normalized spacial score (nSPS) is 16.8. The molecule has 1 N–H and O–H groups in total. The number of ether oxygens (including phenoxy) is 1. The Labute approximate surface area is 119 Å². The van der Waals surface area contributed by atoms with Crippen molar-refractivity contribution in [2.75, 3.05) is 26.3 Å². The lowest BCUT2D eigenvalue weighted by Crippen LogP contribution is -2.35. The monoisotopic (exact) mass is 297 g/mol. The molecule has 0 atom stereocenters. The number of hydrogen-bond donors (Lipinski definition) is 1. The molecular weight excluding hydrogens is 278 g/mol. The smallest absolute Gasteiger partial charge is 0.243 e. The topological polar surface area (TPSA) is 66.8 Å². The summed E-state index contributed by atoms with van der Waals surface area (Å²) in [7, 11) is -3.44. The van der Waals surface area contributed by atoms with Crippen molar-refractivity contribution >= 4 is 10.0 Å². The van der Waals surface area contributed by atoms with Gasteiger partial charge in [-0.3, -0.25) is 0 Å². The summed E-state index contributed by atoms with van der Waals surface area (Å²) in [5, 5.41) is 8.67. The highest BCUT2D eigenvalue weighted by Gasteiger charge is 2.25. The largest absolute Gasteiger partial charge is 0.491 e. The number of benzene rings is 1. The minimum absolute atomic E-state index is 0.0700. The second-order valence-electron chi connectivity index (χ2n) is 4.72. The molecule has 0 aliphatic carbocycles. The maximum absolute atomic E-state index is 12.5. The van der Waals surface area contributed by atoms with Gasteiger partial charge in [0.1, 0.15) is 12.4 Å². The average Bonchev–Trinajstić information content (AvgIpc) is 2.45. The summed E-state index contributed by atoms with van der Waals surface area (Å²) in [5.74, 6) is 0.549. The van der Waals surface area contributed by atoms with Crippen molar-refractivity contribution < 1.29 is 18.3 Å². The van der Waals surface area contributed by atoms with E-state index in [1.807, 2.05) is 6.92 Å². The Hall–Kier alpha value is -1.37. The molecule has 5 nitrogen and oxygen atoms in total. The lowest BCUT2D eigenvalue weighted by Gasteiger charge is -2.25. The van der Waals surface area contributed by atoms with Gasteiger partial charge in [0.2, 0.25) is 10.0 Å². The second-order valence-corrected chi connectivity index (χ2v) is 6.66. The molecule has 0 fully saturated rings. The van der Waals surface area contributed by atoms with E-state index in [2.05, 4.69) is 6.08 Å². The standard InChI is InChI=1S/C14H19NO4S/c1-12-3-2-8-15(11-12)20(17,18)14-6-4-13(5-7-14)19-10-9-16/h3-7,16H,2,8-11H2,1H3. The van der Waals surface area contributed by atoms with Gasteiger partial charge in [0, 0.05) is 13.1 Å². The van der Waals surface area contributed by atoms with Crippen molar-refractivity contribution in [1.29, 1.82) is 0 Å². The van der Waals surface area contributed by atoms with E-state index in [-0.39, 0.29) is 18.1 Å². The molecule has 1 heterocycles. The SMILES string of the molecule is CC1=CCCN(S(=O)(=O)c2ccc(OCCO)cc2)C1. The first kappa shape index (κ1) is 15.0. The van der Waals surface area contributed by atoms with Crippen LogP contribution in [0.2, 0.25) is 0 Å². The molecular formula is C14H19NO4S. The van der Waals surface area contributed by atoms with Crippen LogP contribution in [0.1, 0.15) is 13.3 Å². The Morgan fingerprint density at radius 3 is 2.60 bits per heavy atom. The van der Waals surface area contributed by atoms with Crippen molar-refractivity contribution in [3.05, 3.63) is 35.9 Å². The van der Waals surface area contributed by atoms with E-state index in [1.165, 1.54) is 16.4 Å². The summed E-state index contributed by atoms with van der Waals surface area (Å²) in [6.45, 7) is 3.03. The van der Waals surface area contributed by atoms with Crippen molar-refractivity contribution in [2.24, 2.45) is 0 Å². The molecule has 1 aromatic rings. The third kappa shape index (κ3) is 3.39. The quantitative estimate of drug-likeness (QED) is 0.834. The van der Waals surface area contributed by atoms with Gasteiger partial charge in [-0.15, -0.1) is 0 Å². The predicted octanol–water partition coefficient (Wildman–Crippen LogP) is 1.40. The number of rotatable bonds is 5. The molecule has 0 unspecified atom stereocenters. The van der Waals surface area contributed by atoms with Gasteiger partial charge in [-0.05, 0) is 37.6 Å². The Bertz CT molecular complexity index is 578. The van der Waals surface area contributed by atoms with Gasteiger partial charge < -0.3 is 9.84 Å². The zero-order valence-electron chi connectivity index (χ0n) is 11.4. The van der Waals surface area contributed by atoms with Gasteiger partial charge in [0.25, 0.3) is 0 Å². The molecule has 0 saturated carbocycles. The van der Waals surface area contributed by atoms with Crippen LogP contribution in [0, 0.1) is 0 Å². The molecule has 0 amide bonds. The van der Waals surface area contributed by atoms with E-state index in [4.69, 9.17) is 9.84 Å². The van der Waals surface area contributed by atoms with E-state index in [1.54, 1.807) is 12.1 Å². The fourth-order valence-corrected chi connectivity index (χ4v) is 3.60.